The third-order valence-electron chi connectivity index (χ3n) is 10.3. The SMILES string of the molecule is CN1c2ccccc2C(C)(C)C12C=Nc1c(c3c(c4ccccc14)CC1(O3)N(C)c3ccccc3C1(C)C)O2. The van der Waals surface area contributed by atoms with Crippen LogP contribution in [-0.4, -0.2) is 31.8 Å². The molecule has 0 aliphatic carbocycles. The second-order valence-corrected chi connectivity index (χ2v) is 12.6. The summed E-state index contributed by atoms with van der Waals surface area (Å²) in [5.41, 5.74) is 5.05. The Hall–Kier alpha value is -3.99. The average molecular weight is 516 g/mol. The number of rotatable bonds is 0. The van der Waals surface area contributed by atoms with Gasteiger partial charge < -0.3 is 19.3 Å². The minimum absolute atomic E-state index is 0.249. The van der Waals surface area contributed by atoms with E-state index >= 15 is 0 Å². The smallest absolute Gasteiger partial charge is 0.228 e. The van der Waals surface area contributed by atoms with Crippen LogP contribution in [0.25, 0.3) is 10.8 Å². The molecule has 0 bridgehead atoms. The molecular weight excluding hydrogens is 482 g/mol. The fourth-order valence-electron chi connectivity index (χ4n) is 7.91. The summed E-state index contributed by atoms with van der Waals surface area (Å²) in [5, 5.41) is 2.28. The maximum Gasteiger partial charge on any atom is 0.228 e. The zero-order valence-corrected chi connectivity index (χ0v) is 23.4. The predicted molar refractivity (Wildman–Crippen MR) is 158 cm³/mol. The lowest BCUT2D eigenvalue weighted by atomic mass is 9.75. The normalized spacial score (nSPS) is 26.4. The summed E-state index contributed by atoms with van der Waals surface area (Å²) in [7, 11) is 4.28. The maximum absolute atomic E-state index is 7.26. The van der Waals surface area contributed by atoms with Crippen molar-refractivity contribution in [3.8, 4) is 11.5 Å². The lowest BCUT2D eigenvalue weighted by Gasteiger charge is -2.45. The molecule has 8 rings (SSSR count). The summed E-state index contributed by atoms with van der Waals surface area (Å²) in [6, 6.07) is 25.8. The molecule has 5 heteroatoms. The summed E-state index contributed by atoms with van der Waals surface area (Å²) >= 11 is 0. The van der Waals surface area contributed by atoms with Crippen LogP contribution in [0.2, 0.25) is 0 Å². The molecule has 2 spiro atoms. The van der Waals surface area contributed by atoms with E-state index in [1.165, 1.54) is 33.5 Å². The second-order valence-electron chi connectivity index (χ2n) is 12.6. The van der Waals surface area contributed by atoms with Crippen molar-refractivity contribution < 1.29 is 9.47 Å². The van der Waals surface area contributed by atoms with Gasteiger partial charge in [-0.15, -0.1) is 0 Å². The molecule has 0 N–H and O–H groups in total. The number of anilines is 2. The topological polar surface area (TPSA) is 37.3 Å². The van der Waals surface area contributed by atoms with Gasteiger partial charge in [0.1, 0.15) is 5.69 Å². The average Bonchev–Trinajstić information content (AvgIpc) is 3.50. The highest BCUT2D eigenvalue weighted by atomic mass is 16.6. The zero-order valence-electron chi connectivity index (χ0n) is 23.4. The molecule has 39 heavy (non-hydrogen) atoms. The molecule has 4 heterocycles. The fourth-order valence-corrected chi connectivity index (χ4v) is 7.91. The molecule has 0 saturated carbocycles. The molecule has 0 amide bonds. The van der Waals surface area contributed by atoms with Crippen molar-refractivity contribution in [2.75, 3.05) is 23.9 Å². The van der Waals surface area contributed by atoms with Gasteiger partial charge in [-0.1, -0.05) is 60.7 Å². The Morgan fingerprint density at radius 1 is 0.667 bits per heavy atom. The molecule has 0 radical (unpaired) electrons. The Bertz CT molecular complexity index is 1760. The number of likely N-dealkylation sites (N-methyl/N-ethyl adjacent to an activating group) is 2. The van der Waals surface area contributed by atoms with E-state index in [-0.39, 0.29) is 10.8 Å². The number of para-hydroxylation sites is 2. The number of nitrogens with zero attached hydrogens (tertiary/aromatic N) is 3. The van der Waals surface area contributed by atoms with Crippen LogP contribution in [0.4, 0.5) is 17.1 Å². The first-order chi connectivity index (χ1) is 18.6. The van der Waals surface area contributed by atoms with E-state index in [1.54, 1.807) is 0 Å². The van der Waals surface area contributed by atoms with E-state index in [0.717, 1.165) is 29.0 Å². The molecule has 196 valence electrons. The molecule has 4 aliphatic heterocycles. The molecule has 0 saturated heterocycles. The standard InChI is InChI=1S/C34H33N3O2/c1-31(2)24-15-9-11-17-26(24)36(5)33(31)19-23-21-13-7-8-14-22(21)28-30(29(23)38-33)39-34(20-35-28)32(3,4)25-16-10-12-18-27(25)37(34)6/h7-18,20H,19H2,1-6H3. The van der Waals surface area contributed by atoms with E-state index in [0.29, 0.717) is 0 Å². The number of hydrogen-bond donors (Lipinski definition) is 0. The third kappa shape index (κ3) is 2.42. The number of aliphatic imine (C=N–C) groups is 1. The second kappa shape index (κ2) is 6.95. The minimum atomic E-state index is -0.779. The van der Waals surface area contributed by atoms with Crippen molar-refractivity contribution >= 4 is 34.0 Å². The first-order valence-electron chi connectivity index (χ1n) is 13.8. The van der Waals surface area contributed by atoms with Crippen LogP contribution in [-0.2, 0) is 17.3 Å². The van der Waals surface area contributed by atoms with E-state index < -0.39 is 11.4 Å². The third-order valence-corrected chi connectivity index (χ3v) is 10.3. The Morgan fingerprint density at radius 3 is 1.92 bits per heavy atom. The van der Waals surface area contributed by atoms with E-state index in [1.807, 2.05) is 6.21 Å². The fraction of sp³-hybridized carbons (Fsp3) is 0.324. The van der Waals surface area contributed by atoms with Gasteiger partial charge in [-0.2, -0.15) is 0 Å². The van der Waals surface area contributed by atoms with Gasteiger partial charge in [0.25, 0.3) is 0 Å². The van der Waals surface area contributed by atoms with Crippen LogP contribution in [0, 0.1) is 0 Å². The molecular formula is C34H33N3O2. The first-order valence-corrected chi connectivity index (χ1v) is 13.8. The molecule has 2 unspecified atom stereocenters. The van der Waals surface area contributed by atoms with Gasteiger partial charge in [0, 0.05) is 42.8 Å². The van der Waals surface area contributed by atoms with Crippen molar-refractivity contribution in [2.24, 2.45) is 4.99 Å². The highest BCUT2D eigenvalue weighted by Gasteiger charge is 2.63. The number of hydrogen-bond acceptors (Lipinski definition) is 5. The Morgan fingerprint density at radius 2 is 1.26 bits per heavy atom. The van der Waals surface area contributed by atoms with Crippen LogP contribution in [0.1, 0.15) is 44.4 Å². The van der Waals surface area contributed by atoms with Crippen molar-refractivity contribution in [1.29, 1.82) is 0 Å². The summed E-state index contributed by atoms with van der Waals surface area (Å²) in [6.45, 7) is 9.11. The summed E-state index contributed by atoms with van der Waals surface area (Å²) in [5.74, 6) is 1.57. The first kappa shape index (κ1) is 22.9. The monoisotopic (exact) mass is 515 g/mol. The largest absolute Gasteiger partial charge is 0.462 e. The molecule has 5 nitrogen and oxygen atoms in total. The molecule has 0 aromatic heterocycles. The number of benzene rings is 4. The number of fused-ring (bicyclic) bond motifs is 8. The highest BCUT2D eigenvalue weighted by Crippen LogP contribution is 2.63. The van der Waals surface area contributed by atoms with Gasteiger partial charge in [0.2, 0.25) is 5.72 Å². The van der Waals surface area contributed by atoms with Gasteiger partial charge in [-0.3, -0.25) is 4.99 Å². The molecule has 4 aliphatic rings. The lowest BCUT2D eigenvalue weighted by molar-refractivity contribution is 0.0257. The van der Waals surface area contributed by atoms with Crippen LogP contribution < -0.4 is 19.3 Å². The van der Waals surface area contributed by atoms with Crippen LogP contribution >= 0.6 is 0 Å². The van der Waals surface area contributed by atoms with Crippen molar-refractivity contribution in [3.63, 3.8) is 0 Å². The Kier molecular flexibility index (Phi) is 4.09. The van der Waals surface area contributed by atoms with Gasteiger partial charge in [-0.05, 0) is 56.3 Å². The van der Waals surface area contributed by atoms with Gasteiger partial charge >= 0.3 is 0 Å². The molecule has 4 aromatic rings. The summed E-state index contributed by atoms with van der Waals surface area (Å²) in [4.78, 5) is 9.77. The summed E-state index contributed by atoms with van der Waals surface area (Å²) in [6.07, 6.45) is 2.77. The maximum atomic E-state index is 7.26. The number of ether oxygens (including phenoxy) is 2. The van der Waals surface area contributed by atoms with Gasteiger partial charge in [-0.25, -0.2) is 0 Å². The van der Waals surface area contributed by atoms with Crippen molar-refractivity contribution in [1.82, 2.24) is 0 Å². The van der Waals surface area contributed by atoms with Crippen LogP contribution in [0.3, 0.4) is 0 Å². The molecule has 4 aromatic carbocycles. The molecule has 2 atom stereocenters. The van der Waals surface area contributed by atoms with Crippen molar-refractivity contribution in [3.05, 3.63) is 89.5 Å². The van der Waals surface area contributed by atoms with E-state index in [9.17, 15) is 0 Å². The lowest BCUT2D eigenvalue weighted by Crippen LogP contribution is -2.61. The Balaban J connectivity index is 1.36. The van der Waals surface area contributed by atoms with Crippen LogP contribution in [0.5, 0.6) is 11.5 Å². The van der Waals surface area contributed by atoms with Gasteiger partial charge in [0.05, 0.1) is 17.0 Å². The zero-order chi connectivity index (χ0) is 26.9. The van der Waals surface area contributed by atoms with Gasteiger partial charge in [0.15, 0.2) is 17.2 Å². The van der Waals surface area contributed by atoms with E-state index in [2.05, 4.69) is 124 Å². The van der Waals surface area contributed by atoms with Crippen molar-refractivity contribution in [2.45, 2.75) is 56.4 Å². The Labute approximate surface area is 229 Å². The minimum Gasteiger partial charge on any atom is -0.462 e. The van der Waals surface area contributed by atoms with E-state index in [4.69, 9.17) is 14.5 Å². The highest BCUT2D eigenvalue weighted by molar-refractivity contribution is 6.04. The molecule has 0 fully saturated rings. The quantitative estimate of drug-likeness (QED) is 0.250. The summed E-state index contributed by atoms with van der Waals surface area (Å²) < 4.78 is 14.5. The van der Waals surface area contributed by atoms with Crippen LogP contribution in [0.15, 0.2) is 77.8 Å². The predicted octanol–water partition coefficient (Wildman–Crippen LogP) is 7.12.